The van der Waals surface area contributed by atoms with E-state index in [0.717, 1.165) is 18.3 Å². The number of halogens is 2. The van der Waals surface area contributed by atoms with Gasteiger partial charge in [0.25, 0.3) is 0 Å². The number of piperidine rings is 1. The third kappa shape index (κ3) is 3.22. The predicted molar refractivity (Wildman–Crippen MR) is 85.6 cm³/mol. The first-order valence-electron chi connectivity index (χ1n) is 7.58. The Hall–Kier alpha value is -1.95. The zero-order valence-electron chi connectivity index (χ0n) is 13.0. The first-order chi connectivity index (χ1) is 11.0. The molecule has 7 heteroatoms. The third-order valence-corrected chi connectivity index (χ3v) is 4.66. The Morgan fingerprint density at radius 2 is 2.26 bits per heavy atom. The highest BCUT2D eigenvalue weighted by molar-refractivity contribution is 6.30. The predicted octanol–water partition coefficient (Wildman–Crippen LogP) is 3.24. The molecule has 1 aliphatic heterocycles. The molecule has 0 aromatic carbocycles. The van der Waals surface area contributed by atoms with Crippen molar-refractivity contribution in [1.82, 2.24) is 19.9 Å². The minimum atomic E-state index is -0.392. The summed E-state index contributed by atoms with van der Waals surface area (Å²) in [7, 11) is 0. The summed E-state index contributed by atoms with van der Waals surface area (Å²) in [6, 6.07) is 2.91. The molecule has 0 aliphatic carbocycles. The van der Waals surface area contributed by atoms with Gasteiger partial charge in [-0.15, -0.1) is 0 Å². The lowest BCUT2D eigenvalue weighted by atomic mass is 9.84. The fraction of sp³-hybridized carbons (Fsp3) is 0.438. The second-order valence-electron chi connectivity index (χ2n) is 5.99. The number of carbonyl (C=O) groups is 1. The average molecular weight is 337 g/mol. The van der Waals surface area contributed by atoms with E-state index in [1.807, 2.05) is 4.90 Å². The van der Waals surface area contributed by atoms with Gasteiger partial charge < -0.3 is 9.88 Å². The lowest BCUT2D eigenvalue weighted by molar-refractivity contribution is -0.130. The summed E-state index contributed by atoms with van der Waals surface area (Å²) in [4.78, 5) is 24.9. The Morgan fingerprint density at radius 3 is 2.87 bits per heavy atom. The fourth-order valence-electron chi connectivity index (χ4n) is 3.11. The highest BCUT2D eigenvalue weighted by Crippen LogP contribution is 2.36. The number of pyridine rings is 1. The molecule has 0 spiro atoms. The number of hydrogen-bond donors (Lipinski definition) is 1. The van der Waals surface area contributed by atoms with Crippen LogP contribution in [0.5, 0.6) is 0 Å². The number of imidazole rings is 1. The molecule has 3 rings (SSSR count). The van der Waals surface area contributed by atoms with Crippen LogP contribution in [-0.2, 0) is 4.79 Å². The lowest BCUT2D eigenvalue weighted by Gasteiger charge is -2.36. The van der Waals surface area contributed by atoms with Crippen molar-refractivity contribution in [3.63, 3.8) is 0 Å². The lowest BCUT2D eigenvalue weighted by Crippen LogP contribution is -2.41. The van der Waals surface area contributed by atoms with Gasteiger partial charge in [-0.25, -0.2) is 14.4 Å². The topological polar surface area (TPSA) is 61.9 Å². The first kappa shape index (κ1) is 15.9. The maximum absolute atomic E-state index is 13.0. The molecular weight excluding hydrogens is 319 g/mol. The van der Waals surface area contributed by atoms with Crippen LogP contribution >= 0.6 is 11.6 Å². The van der Waals surface area contributed by atoms with Crippen LogP contribution in [0.15, 0.2) is 18.3 Å². The van der Waals surface area contributed by atoms with Gasteiger partial charge in [-0.1, -0.05) is 18.5 Å². The van der Waals surface area contributed by atoms with E-state index in [9.17, 15) is 9.18 Å². The van der Waals surface area contributed by atoms with Gasteiger partial charge in [-0.05, 0) is 24.5 Å². The molecule has 122 valence electrons. The van der Waals surface area contributed by atoms with E-state index >= 15 is 0 Å². The fourth-order valence-corrected chi connectivity index (χ4v) is 3.38. The number of hydrogen-bond acceptors (Lipinski definition) is 3. The largest absolute Gasteiger partial charge is 0.343 e. The van der Waals surface area contributed by atoms with E-state index in [2.05, 4.69) is 21.9 Å². The SMILES string of the molecule is CC(=O)N1CC[C@@H](c2[nH]c(-c3ccc(F)cn3)nc2Cl)[C@@H](C)C1. The van der Waals surface area contributed by atoms with Gasteiger partial charge in [0.05, 0.1) is 11.9 Å². The Morgan fingerprint density at radius 1 is 1.48 bits per heavy atom. The minimum Gasteiger partial charge on any atom is -0.343 e. The zero-order valence-corrected chi connectivity index (χ0v) is 13.8. The first-order valence-corrected chi connectivity index (χ1v) is 7.96. The number of nitrogens with zero attached hydrogens (tertiary/aromatic N) is 3. The molecule has 0 unspecified atom stereocenters. The van der Waals surface area contributed by atoms with Crippen LogP contribution < -0.4 is 0 Å². The molecular formula is C16H18ClFN4O. The molecule has 1 amide bonds. The molecule has 2 aromatic rings. The highest BCUT2D eigenvalue weighted by Gasteiger charge is 2.31. The van der Waals surface area contributed by atoms with Crippen molar-refractivity contribution in [1.29, 1.82) is 0 Å². The summed E-state index contributed by atoms with van der Waals surface area (Å²) in [5.41, 5.74) is 1.41. The van der Waals surface area contributed by atoms with Crippen LogP contribution in [-0.4, -0.2) is 38.8 Å². The maximum Gasteiger partial charge on any atom is 0.219 e. The molecule has 1 aliphatic rings. The molecule has 2 aromatic heterocycles. The Labute approximate surface area is 138 Å². The standard InChI is InChI=1S/C16H18ClFN4O/c1-9-8-22(10(2)23)6-5-12(9)14-15(17)21-16(20-14)13-4-3-11(18)7-19-13/h3-4,7,9,12H,5-6,8H2,1-2H3,(H,20,21)/t9-,12+/m0/s1. The van der Waals surface area contributed by atoms with Crippen LogP contribution in [0.3, 0.4) is 0 Å². The summed E-state index contributed by atoms with van der Waals surface area (Å²) in [6.45, 7) is 5.12. The van der Waals surface area contributed by atoms with E-state index in [1.54, 1.807) is 13.0 Å². The summed E-state index contributed by atoms with van der Waals surface area (Å²) in [5, 5.41) is 0.416. The van der Waals surface area contributed by atoms with Gasteiger partial charge in [0.2, 0.25) is 5.91 Å². The van der Waals surface area contributed by atoms with E-state index in [0.29, 0.717) is 29.8 Å². The van der Waals surface area contributed by atoms with Crippen molar-refractivity contribution in [2.75, 3.05) is 13.1 Å². The Balaban J connectivity index is 1.84. The molecule has 3 heterocycles. The molecule has 0 radical (unpaired) electrons. The minimum absolute atomic E-state index is 0.0993. The van der Waals surface area contributed by atoms with Crippen molar-refractivity contribution in [3.05, 3.63) is 35.0 Å². The quantitative estimate of drug-likeness (QED) is 0.915. The average Bonchev–Trinajstić information content (AvgIpc) is 2.89. The van der Waals surface area contributed by atoms with Crippen molar-refractivity contribution in [2.24, 2.45) is 5.92 Å². The van der Waals surface area contributed by atoms with E-state index < -0.39 is 5.82 Å². The van der Waals surface area contributed by atoms with E-state index in [1.165, 1.54) is 6.07 Å². The number of H-pyrrole nitrogens is 1. The van der Waals surface area contributed by atoms with Crippen LogP contribution in [0, 0.1) is 11.7 Å². The van der Waals surface area contributed by atoms with Gasteiger partial charge in [-0.2, -0.15) is 0 Å². The van der Waals surface area contributed by atoms with E-state index in [4.69, 9.17) is 11.6 Å². The van der Waals surface area contributed by atoms with Crippen LogP contribution in [0.4, 0.5) is 4.39 Å². The number of rotatable bonds is 2. The summed E-state index contributed by atoms with van der Waals surface area (Å²) in [5.74, 6) is 0.727. The van der Waals surface area contributed by atoms with E-state index in [-0.39, 0.29) is 17.7 Å². The number of aromatic nitrogens is 3. The van der Waals surface area contributed by atoms with Gasteiger partial charge in [-0.3, -0.25) is 4.79 Å². The monoisotopic (exact) mass is 336 g/mol. The van der Waals surface area contributed by atoms with Crippen molar-refractivity contribution in [3.8, 4) is 11.5 Å². The molecule has 1 saturated heterocycles. The Bertz CT molecular complexity index is 715. The van der Waals surface area contributed by atoms with Crippen molar-refractivity contribution in [2.45, 2.75) is 26.2 Å². The number of carbonyl (C=O) groups excluding carboxylic acids is 1. The number of likely N-dealkylation sites (tertiary alicyclic amines) is 1. The summed E-state index contributed by atoms with van der Waals surface area (Å²) >= 11 is 6.30. The second kappa shape index (κ2) is 6.28. The smallest absolute Gasteiger partial charge is 0.219 e. The van der Waals surface area contributed by atoms with Gasteiger partial charge >= 0.3 is 0 Å². The molecule has 23 heavy (non-hydrogen) atoms. The normalized spacial score (nSPS) is 21.5. The van der Waals surface area contributed by atoms with Crippen LogP contribution in [0.2, 0.25) is 5.15 Å². The molecule has 1 fully saturated rings. The van der Waals surface area contributed by atoms with Crippen LogP contribution in [0.25, 0.3) is 11.5 Å². The van der Waals surface area contributed by atoms with Gasteiger partial charge in [0, 0.05) is 25.9 Å². The van der Waals surface area contributed by atoms with Gasteiger partial charge in [0.1, 0.15) is 11.5 Å². The molecule has 5 nitrogen and oxygen atoms in total. The van der Waals surface area contributed by atoms with Gasteiger partial charge in [0.15, 0.2) is 11.0 Å². The number of nitrogens with one attached hydrogen (secondary N) is 1. The zero-order chi connectivity index (χ0) is 16.6. The number of aromatic amines is 1. The molecule has 0 saturated carbocycles. The highest BCUT2D eigenvalue weighted by atomic mass is 35.5. The molecule has 0 bridgehead atoms. The molecule has 1 N–H and O–H groups in total. The second-order valence-corrected chi connectivity index (χ2v) is 6.35. The van der Waals surface area contributed by atoms with Crippen LogP contribution in [0.1, 0.15) is 31.9 Å². The molecule has 2 atom stereocenters. The third-order valence-electron chi connectivity index (χ3n) is 4.38. The number of amides is 1. The van der Waals surface area contributed by atoms with Crippen molar-refractivity contribution >= 4 is 17.5 Å². The summed E-state index contributed by atoms with van der Waals surface area (Å²) < 4.78 is 13.0. The maximum atomic E-state index is 13.0. The van der Waals surface area contributed by atoms with Crippen molar-refractivity contribution < 1.29 is 9.18 Å². The summed E-state index contributed by atoms with van der Waals surface area (Å²) in [6.07, 6.45) is 1.98. The Kier molecular flexibility index (Phi) is 4.35.